The average molecular weight is 582 g/mol. The first-order valence-corrected chi connectivity index (χ1v) is 14.0. The predicted molar refractivity (Wildman–Crippen MR) is 140 cm³/mol. The Bertz CT molecular complexity index is 1390. The number of aryl methyl sites for hydroxylation is 1. The summed E-state index contributed by atoms with van der Waals surface area (Å²) in [5, 5.41) is 7.38. The monoisotopic (exact) mass is 581 g/mol. The Balaban J connectivity index is 1.36. The molecule has 214 valence electrons. The average Bonchev–Trinajstić information content (AvgIpc) is 3.56. The number of amides is 1. The first kappa shape index (κ1) is 28.2. The topological polar surface area (TPSA) is 80.1 Å². The molecule has 0 radical (unpaired) electrons. The van der Waals surface area contributed by atoms with Crippen molar-refractivity contribution in [2.75, 3.05) is 23.3 Å². The maximum atomic E-state index is 14.3. The van der Waals surface area contributed by atoms with E-state index in [1.54, 1.807) is 6.92 Å². The minimum Gasteiger partial charge on any atom is -0.355 e. The summed E-state index contributed by atoms with van der Waals surface area (Å²) in [6.45, 7) is 3.22. The van der Waals surface area contributed by atoms with Crippen LogP contribution in [0.5, 0.6) is 0 Å². The van der Waals surface area contributed by atoms with Crippen molar-refractivity contribution in [1.82, 2.24) is 14.8 Å². The zero-order valence-electron chi connectivity index (χ0n) is 21.7. The van der Waals surface area contributed by atoms with Crippen LogP contribution in [0.3, 0.4) is 0 Å². The van der Waals surface area contributed by atoms with Crippen LogP contribution in [0.2, 0.25) is 0 Å². The third-order valence-electron chi connectivity index (χ3n) is 7.31. The molecule has 1 aliphatic heterocycles. The van der Waals surface area contributed by atoms with Gasteiger partial charge in [-0.25, -0.2) is 18.4 Å². The van der Waals surface area contributed by atoms with Crippen LogP contribution in [0.1, 0.15) is 53.9 Å². The van der Waals surface area contributed by atoms with Gasteiger partial charge in [0.2, 0.25) is 5.78 Å². The first-order valence-electron chi connectivity index (χ1n) is 13.1. The van der Waals surface area contributed by atoms with Gasteiger partial charge in [0, 0.05) is 30.9 Å². The Morgan fingerprint density at radius 2 is 1.80 bits per heavy atom. The highest BCUT2D eigenvalue weighted by Crippen LogP contribution is 2.37. The molecule has 1 amide bonds. The van der Waals surface area contributed by atoms with Gasteiger partial charge in [-0.15, -0.1) is 11.3 Å². The number of alkyl halides is 3. The number of carbonyl (C=O) groups is 2. The zero-order valence-corrected chi connectivity index (χ0v) is 22.5. The van der Waals surface area contributed by atoms with Crippen LogP contribution in [0, 0.1) is 30.4 Å². The highest BCUT2D eigenvalue weighted by Gasteiger charge is 2.39. The molecule has 2 aliphatic rings. The molecule has 13 heteroatoms. The maximum Gasteiger partial charge on any atom is 0.449 e. The fourth-order valence-electron chi connectivity index (χ4n) is 5.04. The van der Waals surface area contributed by atoms with Gasteiger partial charge < -0.3 is 10.2 Å². The van der Waals surface area contributed by atoms with Crippen molar-refractivity contribution in [2.45, 2.75) is 58.2 Å². The summed E-state index contributed by atoms with van der Waals surface area (Å²) < 4.78 is 68.9. The molecule has 1 aliphatic carbocycles. The van der Waals surface area contributed by atoms with Gasteiger partial charge in [0.15, 0.2) is 5.82 Å². The van der Waals surface area contributed by atoms with Gasteiger partial charge in [-0.3, -0.25) is 9.59 Å². The minimum atomic E-state index is -4.84. The van der Waals surface area contributed by atoms with Crippen LogP contribution in [0.15, 0.2) is 24.4 Å². The number of carbonyl (C=O) groups excluding carboxylic acids is 2. The van der Waals surface area contributed by atoms with E-state index < -0.39 is 35.9 Å². The highest BCUT2D eigenvalue weighted by molar-refractivity contribution is 7.15. The van der Waals surface area contributed by atoms with Gasteiger partial charge in [-0.05, 0) is 63.0 Å². The molecule has 7 nitrogen and oxygen atoms in total. The maximum absolute atomic E-state index is 14.3. The fraction of sp³-hybridized carbons (Fsp3) is 0.481. The number of hydrogen-bond acceptors (Lipinski definition) is 6. The highest BCUT2D eigenvalue weighted by atomic mass is 32.1. The standard InChI is InChI=1S/C27H28F5N5O2S/c1-15-23(35-25(40-15)22-18(28)5-2-6-19(22)29)24(39)34-20-13-33-37(14-17-7-8-17)26(20)36-10-3-4-16(9-11-36)12-21(38)27(30,31)32/h2,5-6,13,16-17H,3-4,7-12,14H2,1H3,(H,34,39)/t16-/m1/s1. The van der Waals surface area contributed by atoms with Gasteiger partial charge in [0.05, 0.1) is 11.8 Å². The zero-order chi connectivity index (χ0) is 28.6. The molecule has 1 aromatic carbocycles. The molecule has 0 spiro atoms. The van der Waals surface area contributed by atoms with Crippen molar-refractivity contribution in [3.05, 3.63) is 46.6 Å². The molecule has 1 atom stereocenters. The molecule has 2 fully saturated rings. The smallest absolute Gasteiger partial charge is 0.355 e. The molecule has 40 heavy (non-hydrogen) atoms. The van der Waals surface area contributed by atoms with Crippen LogP contribution in [0.4, 0.5) is 33.5 Å². The molecule has 2 aromatic heterocycles. The van der Waals surface area contributed by atoms with Crippen molar-refractivity contribution >= 4 is 34.5 Å². The number of ketones is 1. The molecule has 0 unspecified atom stereocenters. The van der Waals surface area contributed by atoms with E-state index in [1.165, 1.54) is 12.3 Å². The minimum absolute atomic E-state index is 0.0325. The second-order valence-corrected chi connectivity index (χ2v) is 11.6. The number of benzene rings is 1. The number of thiazole rings is 1. The second kappa shape index (κ2) is 11.3. The number of Topliss-reactive ketones (excluding diaryl/α,β-unsaturated/α-hetero) is 1. The number of halogens is 5. The van der Waals surface area contributed by atoms with Crippen LogP contribution >= 0.6 is 11.3 Å². The van der Waals surface area contributed by atoms with Crippen LogP contribution in [-0.4, -0.2) is 45.7 Å². The van der Waals surface area contributed by atoms with Gasteiger partial charge in [-0.2, -0.15) is 18.3 Å². The third kappa shape index (κ3) is 6.18. The first-order chi connectivity index (χ1) is 19.0. The van der Waals surface area contributed by atoms with Crippen molar-refractivity contribution in [3.63, 3.8) is 0 Å². The molecule has 1 saturated carbocycles. The van der Waals surface area contributed by atoms with Gasteiger partial charge in [0.1, 0.15) is 28.0 Å². The van der Waals surface area contributed by atoms with E-state index in [9.17, 15) is 31.5 Å². The van der Waals surface area contributed by atoms with Gasteiger partial charge >= 0.3 is 6.18 Å². The van der Waals surface area contributed by atoms with Gasteiger partial charge in [-0.1, -0.05) is 6.07 Å². The Morgan fingerprint density at radius 1 is 1.07 bits per heavy atom. The molecule has 3 heterocycles. The van der Waals surface area contributed by atoms with E-state index >= 15 is 0 Å². The van der Waals surface area contributed by atoms with Crippen LogP contribution in [-0.2, 0) is 11.3 Å². The number of anilines is 2. The second-order valence-electron chi connectivity index (χ2n) is 10.4. The molecule has 1 N–H and O–H groups in total. The molecular formula is C27H28F5N5O2S. The number of rotatable bonds is 8. The summed E-state index contributed by atoms with van der Waals surface area (Å²) in [6.07, 6.45) is -0.234. The van der Waals surface area contributed by atoms with Crippen molar-refractivity contribution < 1.29 is 31.5 Å². The third-order valence-corrected chi connectivity index (χ3v) is 8.30. The molecular weight excluding hydrogens is 553 g/mol. The molecule has 3 aromatic rings. The van der Waals surface area contributed by atoms with E-state index in [4.69, 9.17) is 0 Å². The summed E-state index contributed by atoms with van der Waals surface area (Å²) in [4.78, 5) is 31.6. The summed E-state index contributed by atoms with van der Waals surface area (Å²) in [5.41, 5.74) is 0.155. The van der Waals surface area contributed by atoms with Crippen molar-refractivity contribution in [2.24, 2.45) is 11.8 Å². The van der Waals surface area contributed by atoms with Crippen LogP contribution in [0.25, 0.3) is 10.6 Å². The van der Waals surface area contributed by atoms with Crippen molar-refractivity contribution in [3.8, 4) is 10.6 Å². The number of hydrogen-bond donors (Lipinski definition) is 1. The van der Waals surface area contributed by atoms with E-state index in [2.05, 4.69) is 15.4 Å². The SMILES string of the molecule is Cc1sc(-c2c(F)cccc2F)nc1C(=O)Nc1cnn(CC2CC2)c1N1CCC[C@@H](CC(=O)C(F)(F)F)CC1. The molecule has 1 saturated heterocycles. The van der Waals surface area contributed by atoms with E-state index in [0.717, 1.165) is 36.3 Å². The van der Waals surface area contributed by atoms with E-state index in [1.807, 2.05) is 9.58 Å². The largest absolute Gasteiger partial charge is 0.449 e. The lowest BCUT2D eigenvalue weighted by atomic mass is 9.94. The summed E-state index contributed by atoms with van der Waals surface area (Å²) >= 11 is 1.01. The van der Waals surface area contributed by atoms with E-state index in [-0.39, 0.29) is 22.2 Å². The molecule has 5 rings (SSSR count). The predicted octanol–water partition coefficient (Wildman–Crippen LogP) is 6.38. The number of nitrogens with zero attached hydrogens (tertiary/aromatic N) is 4. The lowest BCUT2D eigenvalue weighted by Crippen LogP contribution is -2.29. The lowest BCUT2D eigenvalue weighted by molar-refractivity contribution is -0.172. The summed E-state index contributed by atoms with van der Waals surface area (Å²) in [5.74, 6) is -3.09. The Kier molecular flexibility index (Phi) is 7.94. The Hall–Kier alpha value is -3.35. The Morgan fingerprint density at radius 3 is 2.48 bits per heavy atom. The summed E-state index contributed by atoms with van der Waals surface area (Å²) in [6, 6.07) is 3.50. The van der Waals surface area contributed by atoms with Crippen molar-refractivity contribution in [1.29, 1.82) is 0 Å². The fourth-order valence-corrected chi connectivity index (χ4v) is 6.00. The Labute approximate surface area is 231 Å². The number of nitrogens with one attached hydrogen (secondary N) is 1. The molecule has 0 bridgehead atoms. The van der Waals surface area contributed by atoms with Crippen LogP contribution < -0.4 is 10.2 Å². The van der Waals surface area contributed by atoms with E-state index in [0.29, 0.717) is 61.2 Å². The number of aromatic nitrogens is 3. The lowest BCUT2D eigenvalue weighted by Gasteiger charge is -2.25. The summed E-state index contributed by atoms with van der Waals surface area (Å²) in [7, 11) is 0. The normalized spacial score (nSPS) is 18.1. The quantitative estimate of drug-likeness (QED) is 0.312. The van der Waals surface area contributed by atoms with Gasteiger partial charge in [0.25, 0.3) is 5.91 Å².